The average molecular weight is 368 g/mol. The van der Waals surface area contributed by atoms with Crippen LogP contribution in [-0.2, 0) is 11.2 Å². The number of carbonyl (C=O) groups is 1. The highest BCUT2D eigenvalue weighted by Crippen LogP contribution is 2.24. The zero-order chi connectivity index (χ0) is 18.4. The van der Waals surface area contributed by atoms with Gasteiger partial charge in [0.2, 0.25) is 5.91 Å². The van der Waals surface area contributed by atoms with Gasteiger partial charge in [-0.3, -0.25) is 4.79 Å². The number of hydrogen-bond acceptors (Lipinski definition) is 5. The minimum atomic E-state index is -0.0311. The van der Waals surface area contributed by atoms with E-state index >= 15 is 0 Å². The van der Waals surface area contributed by atoms with Gasteiger partial charge in [-0.1, -0.05) is 0 Å². The third-order valence-corrected chi connectivity index (χ3v) is 4.79. The Hall–Kier alpha value is -2.86. The van der Waals surface area contributed by atoms with E-state index in [2.05, 4.69) is 10.3 Å². The van der Waals surface area contributed by atoms with Crippen molar-refractivity contribution in [3.63, 3.8) is 0 Å². The molecule has 1 N–H and O–H groups in total. The number of rotatable bonds is 7. The smallest absolute Gasteiger partial charge is 0.224 e. The van der Waals surface area contributed by atoms with Gasteiger partial charge in [0, 0.05) is 29.5 Å². The number of aryl methyl sites for hydroxylation is 1. The lowest BCUT2D eigenvalue weighted by atomic mass is 10.2. The molecule has 1 amide bonds. The lowest BCUT2D eigenvalue weighted by Gasteiger charge is -2.05. The van der Waals surface area contributed by atoms with Gasteiger partial charge >= 0.3 is 0 Å². The third-order valence-electron chi connectivity index (χ3n) is 3.88. The molecule has 0 aliphatic rings. The van der Waals surface area contributed by atoms with Crippen LogP contribution in [0.5, 0.6) is 11.5 Å². The summed E-state index contributed by atoms with van der Waals surface area (Å²) in [5.74, 6) is 1.55. The number of thiazole rings is 1. The van der Waals surface area contributed by atoms with Crippen LogP contribution in [0.15, 0.2) is 53.9 Å². The number of nitrogens with zero attached hydrogens (tertiary/aromatic N) is 1. The summed E-state index contributed by atoms with van der Waals surface area (Å²) in [6, 6.07) is 15.1. The minimum Gasteiger partial charge on any atom is -0.497 e. The largest absolute Gasteiger partial charge is 0.497 e. The van der Waals surface area contributed by atoms with Crippen molar-refractivity contribution in [3.05, 3.63) is 58.9 Å². The standard InChI is InChI=1S/C20H20N2O3S/c1-24-16-7-3-14(4-8-16)18-13-26-20(22-18)12-11-19(23)21-15-5-9-17(25-2)10-6-15/h3-10,13H,11-12H2,1-2H3,(H,21,23). The van der Waals surface area contributed by atoms with Crippen LogP contribution >= 0.6 is 11.3 Å². The van der Waals surface area contributed by atoms with Crippen molar-refractivity contribution in [2.75, 3.05) is 19.5 Å². The topological polar surface area (TPSA) is 60.5 Å². The van der Waals surface area contributed by atoms with Gasteiger partial charge in [0.05, 0.1) is 24.9 Å². The predicted octanol–water partition coefficient (Wildman–Crippen LogP) is 4.40. The second-order valence-electron chi connectivity index (χ2n) is 5.63. The monoisotopic (exact) mass is 368 g/mol. The number of carbonyl (C=O) groups excluding carboxylic acids is 1. The molecule has 26 heavy (non-hydrogen) atoms. The number of nitrogens with one attached hydrogen (secondary N) is 1. The molecule has 0 atom stereocenters. The summed E-state index contributed by atoms with van der Waals surface area (Å²) in [5.41, 5.74) is 2.72. The summed E-state index contributed by atoms with van der Waals surface area (Å²) in [7, 11) is 3.26. The van der Waals surface area contributed by atoms with Gasteiger partial charge in [-0.2, -0.15) is 0 Å². The van der Waals surface area contributed by atoms with E-state index in [-0.39, 0.29) is 5.91 Å². The second-order valence-corrected chi connectivity index (χ2v) is 6.57. The van der Waals surface area contributed by atoms with Gasteiger partial charge in [0.25, 0.3) is 0 Å². The fourth-order valence-corrected chi connectivity index (χ4v) is 3.25. The Balaban J connectivity index is 1.54. The summed E-state index contributed by atoms with van der Waals surface area (Å²) in [4.78, 5) is 16.7. The summed E-state index contributed by atoms with van der Waals surface area (Å²) < 4.78 is 10.3. The molecule has 0 aliphatic heterocycles. The Morgan fingerprint density at radius 1 is 1.00 bits per heavy atom. The van der Waals surface area contributed by atoms with Crippen molar-refractivity contribution in [1.82, 2.24) is 4.98 Å². The molecule has 0 saturated carbocycles. The van der Waals surface area contributed by atoms with Crippen LogP contribution in [0.25, 0.3) is 11.3 Å². The zero-order valence-electron chi connectivity index (χ0n) is 14.7. The summed E-state index contributed by atoms with van der Waals surface area (Å²) in [6.07, 6.45) is 1.00. The van der Waals surface area contributed by atoms with E-state index in [0.717, 1.165) is 33.5 Å². The number of anilines is 1. The first-order chi connectivity index (χ1) is 12.7. The molecule has 3 rings (SSSR count). The van der Waals surface area contributed by atoms with Gasteiger partial charge in [-0.15, -0.1) is 11.3 Å². The van der Waals surface area contributed by atoms with Crippen molar-refractivity contribution < 1.29 is 14.3 Å². The van der Waals surface area contributed by atoms with Crippen LogP contribution in [0, 0.1) is 0 Å². The number of amides is 1. The van der Waals surface area contributed by atoms with Crippen molar-refractivity contribution in [2.24, 2.45) is 0 Å². The minimum absolute atomic E-state index is 0.0311. The van der Waals surface area contributed by atoms with Gasteiger partial charge in [0.1, 0.15) is 11.5 Å². The van der Waals surface area contributed by atoms with Crippen molar-refractivity contribution in [1.29, 1.82) is 0 Å². The van der Waals surface area contributed by atoms with Crippen LogP contribution in [0.1, 0.15) is 11.4 Å². The maximum absolute atomic E-state index is 12.1. The highest BCUT2D eigenvalue weighted by atomic mass is 32.1. The molecule has 1 aromatic heterocycles. The van der Waals surface area contributed by atoms with Crippen LogP contribution < -0.4 is 14.8 Å². The van der Waals surface area contributed by atoms with Gasteiger partial charge in [-0.25, -0.2) is 4.98 Å². The predicted molar refractivity (Wildman–Crippen MR) is 104 cm³/mol. The number of methoxy groups -OCH3 is 2. The number of benzene rings is 2. The van der Waals surface area contributed by atoms with Gasteiger partial charge in [-0.05, 0) is 48.5 Å². The summed E-state index contributed by atoms with van der Waals surface area (Å²) in [6.45, 7) is 0. The molecule has 0 radical (unpaired) electrons. The SMILES string of the molecule is COc1ccc(NC(=O)CCc2nc(-c3ccc(OC)cc3)cs2)cc1. The number of hydrogen-bond donors (Lipinski definition) is 1. The zero-order valence-corrected chi connectivity index (χ0v) is 15.5. The maximum atomic E-state index is 12.1. The maximum Gasteiger partial charge on any atom is 0.224 e. The van der Waals surface area contributed by atoms with Crippen LogP contribution in [0.2, 0.25) is 0 Å². The quantitative estimate of drug-likeness (QED) is 0.671. The fourth-order valence-electron chi connectivity index (χ4n) is 2.44. The van der Waals surface area contributed by atoms with Crippen molar-refractivity contribution in [2.45, 2.75) is 12.8 Å². The Bertz CT molecular complexity index is 858. The van der Waals surface area contributed by atoms with E-state index in [1.807, 2.05) is 53.9 Å². The molecule has 6 heteroatoms. The van der Waals surface area contributed by atoms with Gasteiger partial charge in [0.15, 0.2) is 0 Å². The van der Waals surface area contributed by atoms with E-state index in [1.165, 1.54) is 0 Å². The normalized spacial score (nSPS) is 10.4. The molecule has 2 aromatic carbocycles. The first-order valence-electron chi connectivity index (χ1n) is 8.20. The molecule has 0 bridgehead atoms. The first kappa shape index (κ1) is 17.9. The van der Waals surface area contributed by atoms with Crippen LogP contribution in [0.4, 0.5) is 5.69 Å². The molecular formula is C20H20N2O3S. The third kappa shape index (κ3) is 4.61. The number of ether oxygens (including phenoxy) is 2. The van der Waals surface area contributed by atoms with Crippen molar-refractivity contribution >= 4 is 22.9 Å². The molecule has 134 valence electrons. The Morgan fingerprint density at radius 3 is 2.23 bits per heavy atom. The molecule has 1 heterocycles. The summed E-state index contributed by atoms with van der Waals surface area (Å²) in [5, 5.41) is 5.84. The van der Waals surface area contributed by atoms with Crippen LogP contribution in [0.3, 0.4) is 0 Å². The second kappa shape index (κ2) is 8.49. The Labute approximate surface area is 156 Å². The molecule has 0 spiro atoms. The lowest BCUT2D eigenvalue weighted by molar-refractivity contribution is -0.116. The highest BCUT2D eigenvalue weighted by molar-refractivity contribution is 7.09. The lowest BCUT2D eigenvalue weighted by Crippen LogP contribution is -2.12. The van der Waals surface area contributed by atoms with Gasteiger partial charge < -0.3 is 14.8 Å². The Kier molecular flexibility index (Phi) is 5.86. The fraction of sp³-hybridized carbons (Fsp3) is 0.200. The van der Waals surface area contributed by atoms with Crippen molar-refractivity contribution in [3.8, 4) is 22.8 Å². The molecular weight excluding hydrogens is 348 g/mol. The molecule has 3 aromatic rings. The van der Waals surface area contributed by atoms with E-state index < -0.39 is 0 Å². The molecule has 0 unspecified atom stereocenters. The molecule has 5 nitrogen and oxygen atoms in total. The Morgan fingerprint density at radius 2 is 1.62 bits per heavy atom. The van der Waals surface area contributed by atoms with Crippen LogP contribution in [-0.4, -0.2) is 25.1 Å². The first-order valence-corrected chi connectivity index (χ1v) is 9.08. The van der Waals surface area contributed by atoms with E-state index in [0.29, 0.717) is 12.8 Å². The number of aromatic nitrogens is 1. The molecule has 0 saturated heterocycles. The average Bonchev–Trinajstić information content (AvgIpc) is 3.16. The molecule has 0 fully saturated rings. The van der Waals surface area contributed by atoms with E-state index in [1.54, 1.807) is 25.6 Å². The van der Waals surface area contributed by atoms with E-state index in [4.69, 9.17) is 9.47 Å². The molecule has 0 aliphatic carbocycles. The summed E-state index contributed by atoms with van der Waals surface area (Å²) >= 11 is 1.57. The highest BCUT2D eigenvalue weighted by Gasteiger charge is 2.08. The van der Waals surface area contributed by atoms with E-state index in [9.17, 15) is 4.79 Å².